The van der Waals surface area contributed by atoms with Gasteiger partial charge in [0.15, 0.2) is 35.9 Å². The number of allylic oxidation sites excluding steroid dienone is 20. The van der Waals surface area contributed by atoms with Crippen molar-refractivity contribution in [2.45, 2.75) is 158 Å². The Bertz CT molecular complexity index is 1800. The highest BCUT2D eigenvalue weighted by atomic mass is 16.6. The Balaban J connectivity index is 1.97. The quantitative estimate of drug-likeness (QED) is 0.0563. The van der Waals surface area contributed by atoms with Crippen molar-refractivity contribution in [1.29, 1.82) is 0 Å². The molecule has 0 aromatic rings. The van der Waals surface area contributed by atoms with E-state index in [0.717, 1.165) is 72.1 Å². The summed E-state index contributed by atoms with van der Waals surface area (Å²) in [6.45, 7) is 23.1. The molecule has 0 aromatic heterocycles. The lowest BCUT2D eigenvalue weighted by Gasteiger charge is -2.36. The highest BCUT2D eigenvalue weighted by Crippen LogP contribution is 2.42. The maximum absolute atomic E-state index is 13.3. The number of rotatable bonds is 22. The number of carbonyl (C=O) groups is 4. The second-order valence-electron chi connectivity index (χ2n) is 18.5. The Kier molecular flexibility index (Phi) is 22.5. The Hall–Kier alpha value is -4.70. The smallest absolute Gasteiger partial charge is 0.365 e. The number of carbonyl (C=O) groups excluding carboxylic acids is 4. The van der Waals surface area contributed by atoms with Gasteiger partial charge in [0.2, 0.25) is 0 Å². The van der Waals surface area contributed by atoms with Crippen molar-refractivity contribution >= 4 is 23.5 Å². The van der Waals surface area contributed by atoms with E-state index in [1.807, 2.05) is 95.4 Å². The standard InChI is InChI=1S/C53H77N3O6/c1-12-13-14-27-44(55)50(59)61-46-34-52(8,9)42(40(6)48(46)57)31-29-38(4)25-19-23-36(2)21-15-16-22-37(3)24-20-26-39(5)30-32-43-41(7)49(58)47(35-53(43,10)11)62-51(60)45(56)28-17-18-33-54/h15-16,19-26,29-32,44-47H,12-14,17-18,27-28,33-35,54-56H2,1-11H3/p+3/b16-15+,23-19+,24-20+,31-29+,32-30+,36-21+,37-22+,38-25+,39-26+. The summed E-state index contributed by atoms with van der Waals surface area (Å²) in [5.74, 6) is -1.06. The predicted octanol–water partition coefficient (Wildman–Crippen LogP) is 8.22. The minimum atomic E-state index is -0.784. The minimum Gasteiger partial charge on any atom is -0.450 e. The SMILES string of the molecule is CCCCCC([NH3+])C(=O)OC1CC(C)(C)C(/C=C/C(C)=C/C=C/C(C)=C/C=C/C=C(C)/C=C/C=C(C)/C=C/C2=C(C)C(=O)C(OC(=O)C([NH3+])CCCC[NH3+])CC2(C)C)=C(C)C1=O. The number of ketones is 2. The third-order valence-corrected chi connectivity index (χ3v) is 11.7. The summed E-state index contributed by atoms with van der Waals surface area (Å²) in [7, 11) is 0. The topological polar surface area (TPSA) is 170 Å². The number of quaternary nitrogens is 3. The van der Waals surface area contributed by atoms with Crippen LogP contribution >= 0.6 is 0 Å². The van der Waals surface area contributed by atoms with E-state index in [4.69, 9.17) is 9.47 Å². The molecule has 2 aliphatic carbocycles. The highest BCUT2D eigenvalue weighted by Gasteiger charge is 2.42. The molecule has 0 aliphatic heterocycles. The van der Waals surface area contributed by atoms with Gasteiger partial charge in [0.05, 0.1) is 6.54 Å². The molecule has 2 aliphatic rings. The summed E-state index contributed by atoms with van der Waals surface area (Å²) in [4.78, 5) is 51.8. The lowest BCUT2D eigenvalue weighted by molar-refractivity contribution is -0.411. The third-order valence-electron chi connectivity index (χ3n) is 11.7. The maximum atomic E-state index is 13.3. The summed E-state index contributed by atoms with van der Waals surface area (Å²) >= 11 is 0. The van der Waals surface area contributed by atoms with Crippen molar-refractivity contribution in [3.8, 4) is 0 Å². The number of ether oxygens (including phenoxy) is 2. The molecule has 0 spiro atoms. The zero-order valence-electron chi connectivity index (χ0n) is 40.0. The van der Waals surface area contributed by atoms with Crippen LogP contribution in [0.2, 0.25) is 0 Å². The number of hydrogen-bond donors (Lipinski definition) is 3. The molecule has 4 atom stereocenters. The molecule has 0 bridgehead atoms. The van der Waals surface area contributed by atoms with Crippen LogP contribution in [0.1, 0.15) is 134 Å². The van der Waals surface area contributed by atoms with Gasteiger partial charge in [-0.1, -0.05) is 155 Å². The summed E-state index contributed by atoms with van der Waals surface area (Å²) in [5, 5.41) is 0. The highest BCUT2D eigenvalue weighted by molar-refractivity contribution is 6.02. The van der Waals surface area contributed by atoms with Gasteiger partial charge >= 0.3 is 11.9 Å². The Morgan fingerprint density at radius 2 is 0.968 bits per heavy atom. The average Bonchev–Trinajstić information content (AvgIpc) is 3.20. The van der Waals surface area contributed by atoms with E-state index in [1.54, 1.807) is 0 Å². The zero-order valence-corrected chi connectivity index (χ0v) is 40.0. The Labute approximate surface area is 373 Å². The monoisotopic (exact) mass is 855 g/mol. The summed E-state index contributed by atoms with van der Waals surface area (Å²) in [5.41, 5.74) is 18.6. The summed E-state index contributed by atoms with van der Waals surface area (Å²) < 4.78 is 11.4. The van der Waals surface area contributed by atoms with Gasteiger partial charge in [-0.2, -0.15) is 0 Å². The van der Waals surface area contributed by atoms with E-state index in [-0.39, 0.29) is 28.4 Å². The van der Waals surface area contributed by atoms with Crippen LogP contribution in [0.4, 0.5) is 0 Å². The molecule has 0 heterocycles. The minimum absolute atomic E-state index is 0.129. The van der Waals surface area contributed by atoms with Crippen molar-refractivity contribution in [3.63, 3.8) is 0 Å². The summed E-state index contributed by atoms with van der Waals surface area (Å²) in [6, 6.07) is -0.936. The molecule has 0 fully saturated rings. The molecule has 4 unspecified atom stereocenters. The van der Waals surface area contributed by atoms with Gasteiger partial charge in [-0.05, 0) is 93.9 Å². The number of unbranched alkanes of at least 4 members (excludes halogenated alkanes) is 3. The van der Waals surface area contributed by atoms with Crippen LogP contribution in [0.3, 0.4) is 0 Å². The van der Waals surface area contributed by atoms with Gasteiger partial charge in [0.1, 0.15) is 0 Å². The number of Topliss-reactive ketones (excluding diaryl/α,β-unsaturated/α-hetero) is 2. The first-order valence-electron chi connectivity index (χ1n) is 22.6. The van der Waals surface area contributed by atoms with E-state index in [0.29, 0.717) is 36.8 Å². The fraction of sp³-hybridized carbons (Fsp3) is 0.509. The molecular weight excluding hydrogens is 775 g/mol. The predicted molar refractivity (Wildman–Crippen MR) is 252 cm³/mol. The first-order chi connectivity index (χ1) is 29.1. The molecule has 0 amide bonds. The van der Waals surface area contributed by atoms with Crippen molar-refractivity contribution in [3.05, 3.63) is 130 Å². The van der Waals surface area contributed by atoms with Gasteiger partial charge < -0.3 is 26.7 Å². The van der Waals surface area contributed by atoms with Crippen molar-refractivity contribution in [2.24, 2.45) is 10.8 Å². The van der Waals surface area contributed by atoms with Crippen LogP contribution in [0.25, 0.3) is 0 Å². The molecule has 0 aromatic carbocycles. The molecule has 9 N–H and O–H groups in total. The molecule has 9 heteroatoms. The van der Waals surface area contributed by atoms with Crippen LogP contribution < -0.4 is 17.2 Å². The normalized spacial score (nSPS) is 21.7. The second kappa shape index (κ2) is 26.0. The molecular formula is C53H80N3O6+3. The fourth-order valence-corrected chi connectivity index (χ4v) is 7.67. The summed E-state index contributed by atoms with van der Waals surface area (Å²) in [6.07, 6.45) is 33.9. The van der Waals surface area contributed by atoms with E-state index >= 15 is 0 Å². The van der Waals surface area contributed by atoms with Crippen molar-refractivity contribution in [1.82, 2.24) is 0 Å². The van der Waals surface area contributed by atoms with Crippen molar-refractivity contribution < 1.29 is 45.9 Å². The Morgan fingerprint density at radius 1 is 0.613 bits per heavy atom. The molecule has 0 saturated carbocycles. The van der Waals surface area contributed by atoms with E-state index in [1.165, 1.54) is 0 Å². The Morgan fingerprint density at radius 3 is 1.34 bits per heavy atom. The molecule has 62 heavy (non-hydrogen) atoms. The molecule has 2 rings (SSSR count). The van der Waals surface area contributed by atoms with Crippen LogP contribution in [0, 0.1) is 10.8 Å². The van der Waals surface area contributed by atoms with Gasteiger partial charge in [-0.25, -0.2) is 9.59 Å². The molecule has 0 saturated heterocycles. The van der Waals surface area contributed by atoms with E-state index < -0.39 is 30.3 Å². The van der Waals surface area contributed by atoms with Gasteiger partial charge in [0, 0.05) is 25.7 Å². The molecule has 0 radical (unpaired) electrons. The van der Waals surface area contributed by atoms with Gasteiger partial charge in [0.25, 0.3) is 0 Å². The van der Waals surface area contributed by atoms with Crippen LogP contribution in [-0.4, -0.2) is 54.3 Å². The lowest BCUT2D eigenvalue weighted by atomic mass is 9.71. The second-order valence-corrected chi connectivity index (χ2v) is 18.5. The third kappa shape index (κ3) is 17.6. The maximum Gasteiger partial charge on any atom is 0.365 e. The lowest BCUT2D eigenvalue weighted by Crippen LogP contribution is -2.66. The largest absolute Gasteiger partial charge is 0.450 e. The fourth-order valence-electron chi connectivity index (χ4n) is 7.67. The van der Waals surface area contributed by atoms with Crippen LogP contribution in [0.15, 0.2) is 130 Å². The van der Waals surface area contributed by atoms with E-state index in [2.05, 4.69) is 83.0 Å². The van der Waals surface area contributed by atoms with Crippen molar-refractivity contribution in [2.75, 3.05) is 6.54 Å². The number of hydrogen-bond acceptors (Lipinski definition) is 6. The van der Waals surface area contributed by atoms with Gasteiger partial charge in [-0.3, -0.25) is 9.59 Å². The molecule has 340 valence electrons. The van der Waals surface area contributed by atoms with Gasteiger partial charge in [-0.15, -0.1) is 0 Å². The number of esters is 2. The average molecular weight is 855 g/mol. The van der Waals surface area contributed by atoms with Crippen LogP contribution in [-0.2, 0) is 28.7 Å². The zero-order chi connectivity index (χ0) is 46.6. The van der Waals surface area contributed by atoms with Crippen LogP contribution in [0.5, 0.6) is 0 Å². The van der Waals surface area contributed by atoms with E-state index in [9.17, 15) is 19.2 Å². The first kappa shape index (κ1) is 53.4. The molecule has 9 nitrogen and oxygen atoms in total. The first-order valence-corrected chi connectivity index (χ1v) is 22.6.